The van der Waals surface area contributed by atoms with Gasteiger partial charge in [0.15, 0.2) is 5.65 Å². The number of aromatic nitrogens is 3. The number of carbonyl (C=O) groups is 1. The molecule has 124 valence electrons. The Hall–Kier alpha value is -2.15. The van der Waals surface area contributed by atoms with Crippen molar-refractivity contribution in [2.24, 2.45) is 0 Å². The number of amides is 1. The molecule has 1 unspecified atom stereocenters. The number of hydrogen-bond acceptors (Lipinski definition) is 4. The van der Waals surface area contributed by atoms with Crippen LogP contribution in [0, 0.1) is 13.8 Å². The third kappa shape index (κ3) is 2.76. The fourth-order valence-corrected chi connectivity index (χ4v) is 3.17. The molecule has 1 N–H and O–H groups in total. The van der Waals surface area contributed by atoms with Crippen molar-refractivity contribution in [3.8, 4) is 0 Å². The fraction of sp³-hybridized carbons (Fsp3) is 0.562. The number of carbonyl (C=O) groups excluding carboxylic acids is 1. The summed E-state index contributed by atoms with van der Waals surface area (Å²) >= 11 is 0. The van der Waals surface area contributed by atoms with E-state index >= 15 is 0 Å². The molecular formula is C16H22N4O3. The number of methoxy groups -OCH3 is 1. The zero-order valence-electron chi connectivity index (χ0n) is 13.8. The molecule has 2 aromatic heterocycles. The average molecular weight is 318 g/mol. The summed E-state index contributed by atoms with van der Waals surface area (Å²) in [7, 11) is 1.52. The van der Waals surface area contributed by atoms with Gasteiger partial charge in [-0.15, -0.1) is 0 Å². The van der Waals surface area contributed by atoms with Gasteiger partial charge in [0.1, 0.15) is 6.61 Å². The molecule has 0 aliphatic carbocycles. The van der Waals surface area contributed by atoms with E-state index in [4.69, 9.17) is 4.74 Å². The van der Waals surface area contributed by atoms with Gasteiger partial charge in [0.05, 0.1) is 11.7 Å². The van der Waals surface area contributed by atoms with E-state index in [1.165, 1.54) is 11.6 Å². The van der Waals surface area contributed by atoms with Crippen molar-refractivity contribution < 1.29 is 9.53 Å². The molecule has 1 fully saturated rings. The van der Waals surface area contributed by atoms with Crippen LogP contribution in [0.3, 0.4) is 0 Å². The molecule has 1 atom stereocenters. The molecule has 7 nitrogen and oxygen atoms in total. The highest BCUT2D eigenvalue weighted by Crippen LogP contribution is 2.30. The van der Waals surface area contributed by atoms with E-state index in [0.29, 0.717) is 17.8 Å². The zero-order valence-corrected chi connectivity index (χ0v) is 13.8. The molecule has 0 bridgehead atoms. The highest BCUT2D eigenvalue weighted by atomic mass is 16.5. The minimum absolute atomic E-state index is 0.0245. The van der Waals surface area contributed by atoms with Crippen LogP contribution in [0.5, 0.6) is 0 Å². The van der Waals surface area contributed by atoms with Crippen LogP contribution in [0.25, 0.3) is 5.65 Å². The summed E-state index contributed by atoms with van der Waals surface area (Å²) in [5.41, 5.74) is 2.72. The van der Waals surface area contributed by atoms with E-state index in [2.05, 4.69) is 10.1 Å². The Labute approximate surface area is 134 Å². The highest BCUT2D eigenvalue weighted by Gasteiger charge is 2.29. The molecule has 3 heterocycles. The van der Waals surface area contributed by atoms with Crippen molar-refractivity contribution in [3.63, 3.8) is 0 Å². The van der Waals surface area contributed by atoms with E-state index in [1.54, 1.807) is 6.92 Å². The number of fused-ring (bicyclic) bond motifs is 1. The number of hydrogen-bond donors (Lipinski definition) is 1. The Morgan fingerprint density at radius 2 is 2.22 bits per heavy atom. The predicted molar refractivity (Wildman–Crippen MR) is 85.5 cm³/mol. The Kier molecular flexibility index (Phi) is 4.21. The summed E-state index contributed by atoms with van der Waals surface area (Å²) in [5, 5.41) is 3.14. The van der Waals surface area contributed by atoms with Crippen LogP contribution in [0.1, 0.15) is 42.3 Å². The van der Waals surface area contributed by atoms with Crippen LogP contribution in [0.15, 0.2) is 10.9 Å². The van der Waals surface area contributed by atoms with Gasteiger partial charge in [-0.05, 0) is 33.1 Å². The minimum Gasteiger partial charge on any atom is -0.375 e. The van der Waals surface area contributed by atoms with Crippen LogP contribution in [-0.4, -0.2) is 45.7 Å². The largest absolute Gasteiger partial charge is 0.375 e. The molecule has 1 saturated heterocycles. The maximum atomic E-state index is 12.4. The number of nitrogens with zero attached hydrogens (tertiary/aromatic N) is 3. The van der Waals surface area contributed by atoms with Gasteiger partial charge in [-0.1, -0.05) is 0 Å². The van der Waals surface area contributed by atoms with Crippen molar-refractivity contribution in [1.82, 2.24) is 19.5 Å². The third-order valence-corrected chi connectivity index (χ3v) is 4.55. The molecule has 0 radical (unpaired) electrons. The van der Waals surface area contributed by atoms with E-state index in [1.807, 2.05) is 17.9 Å². The quantitative estimate of drug-likeness (QED) is 0.926. The summed E-state index contributed by atoms with van der Waals surface area (Å²) in [5.74, 6) is -0.0245. The molecule has 1 aliphatic rings. The topological polar surface area (TPSA) is 79.7 Å². The van der Waals surface area contributed by atoms with Crippen LogP contribution >= 0.6 is 0 Å². The van der Waals surface area contributed by atoms with Gasteiger partial charge in [-0.2, -0.15) is 0 Å². The van der Waals surface area contributed by atoms with Gasteiger partial charge in [-0.25, -0.2) is 9.50 Å². The first-order valence-electron chi connectivity index (χ1n) is 7.90. The standard InChI is InChI=1S/C16H22N4O3/c1-10-11(2)17-14-8-12(18-20(14)16(10)22)13-6-4-5-7-19(13)15(21)9-23-3/h8,13,18H,4-7,9H2,1-3H3. The maximum absolute atomic E-state index is 12.4. The summed E-state index contributed by atoms with van der Waals surface area (Å²) in [6.45, 7) is 4.39. The van der Waals surface area contributed by atoms with Gasteiger partial charge >= 0.3 is 0 Å². The Morgan fingerprint density at radius 1 is 1.43 bits per heavy atom. The molecule has 7 heteroatoms. The van der Waals surface area contributed by atoms with Crippen molar-refractivity contribution >= 4 is 11.6 Å². The van der Waals surface area contributed by atoms with Gasteiger partial charge in [-0.3, -0.25) is 14.7 Å². The number of nitrogens with one attached hydrogen (secondary N) is 1. The lowest BCUT2D eigenvalue weighted by Gasteiger charge is -2.35. The van der Waals surface area contributed by atoms with Crippen LogP contribution in [0.4, 0.5) is 0 Å². The third-order valence-electron chi connectivity index (χ3n) is 4.55. The molecule has 1 amide bonds. The van der Waals surface area contributed by atoms with E-state index in [0.717, 1.165) is 30.7 Å². The molecule has 1 aliphatic heterocycles. The van der Waals surface area contributed by atoms with E-state index in [9.17, 15) is 9.59 Å². The van der Waals surface area contributed by atoms with Crippen LogP contribution in [-0.2, 0) is 9.53 Å². The molecule has 2 aromatic rings. The minimum atomic E-state index is -0.0932. The van der Waals surface area contributed by atoms with Gasteiger partial charge in [0.2, 0.25) is 5.91 Å². The number of aromatic amines is 1. The number of ether oxygens (including phenoxy) is 1. The predicted octanol–water partition coefficient (Wildman–Crippen LogP) is 1.34. The summed E-state index contributed by atoms with van der Waals surface area (Å²) in [4.78, 5) is 30.9. The summed E-state index contributed by atoms with van der Waals surface area (Å²) in [6.07, 6.45) is 2.91. The van der Waals surface area contributed by atoms with Crippen molar-refractivity contribution in [2.45, 2.75) is 39.2 Å². The van der Waals surface area contributed by atoms with E-state index in [-0.39, 0.29) is 24.1 Å². The monoisotopic (exact) mass is 318 g/mol. The summed E-state index contributed by atoms with van der Waals surface area (Å²) in [6, 6.07) is 1.81. The number of H-pyrrole nitrogens is 1. The summed E-state index contributed by atoms with van der Waals surface area (Å²) < 4.78 is 6.45. The average Bonchev–Trinajstić information content (AvgIpc) is 2.97. The van der Waals surface area contributed by atoms with Gasteiger partial charge in [0.25, 0.3) is 5.56 Å². The molecule has 3 rings (SSSR count). The van der Waals surface area contributed by atoms with Crippen molar-refractivity contribution in [1.29, 1.82) is 0 Å². The number of rotatable bonds is 3. The second-order valence-electron chi connectivity index (χ2n) is 6.06. The zero-order chi connectivity index (χ0) is 16.6. The highest BCUT2D eigenvalue weighted by molar-refractivity contribution is 5.78. The number of aryl methyl sites for hydroxylation is 1. The first-order valence-corrected chi connectivity index (χ1v) is 7.90. The lowest BCUT2D eigenvalue weighted by molar-refractivity contribution is -0.139. The molecule has 0 saturated carbocycles. The van der Waals surface area contributed by atoms with Crippen molar-refractivity contribution in [3.05, 3.63) is 33.4 Å². The second kappa shape index (κ2) is 6.16. The molecular weight excluding hydrogens is 296 g/mol. The van der Waals surface area contributed by atoms with Crippen molar-refractivity contribution in [2.75, 3.05) is 20.3 Å². The van der Waals surface area contributed by atoms with Gasteiger partial charge in [0, 0.05) is 31.0 Å². The lowest BCUT2D eigenvalue weighted by atomic mass is 9.99. The molecule has 23 heavy (non-hydrogen) atoms. The Balaban J connectivity index is 2.02. The second-order valence-corrected chi connectivity index (χ2v) is 6.06. The fourth-order valence-electron chi connectivity index (χ4n) is 3.17. The maximum Gasteiger partial charge on any atom is 0.275 e. The first kappa shape index (κ1) is 15.7. The van der Waals surface area contributed by atoms with E-state index < -0.39 is 0 Å². The molecule has 0 aromatic carbocycles. The SMILES string of the molecule is COCC(=O)N1CCCCC1c1cc2nc(C)c(C)c(=O)n2[nH]1. The van der Waals surface area contributed by atoms with Crippen LogP contribution in [0.2, 0.25) is 0 Å². The first-order chi connectivity index (χ1) is 11.0. The smallest absolute Gasteiger partial charge is 0.275 e. The lowest BCUT2D eigenvalue weighted by Crippen LogP contribution is -2.40. The Morgan fingerprint density at radius 3 is 2.96 bits per heavy atom. The Bertz CT molecular complexity index is 792. The molecule has 0 spiro atoms. The number of piperidine rings is 1. The normalized spacial score (nSPS) is 18.6. The van der Waals surface area contributed by atoms with Crippen LogP contribution < -0.4 is 5.56 Å². The van der Waals surface area contributed by atoms with Gasteiger partial charge < -0.3 is 9.64 Å². The number of likely N-dealkylation sites (tertiary alicyclic amines) is 1.